The van der Waals surface area contributed by atoms with E-state index < -0.39 is 6.10 Å². The van der Waals surface area contributed by atoms with Crippen molar-refractivity contribution in [2.24, 2.45) is 5.92 Å². The number of aliphatic hydroxyl groups is 1. The monoisotopic (exact) mass is 432 g/mol. The molecule has 1 aromatic carbocycles. The number of rotatable bonds is 4. The molecule has 3 aromatic heterocycles. The normalized spacial score (nSPS) is 18.7. The second-order valence-corrected chi connectivity index (χ2v) is 9.28. The summed E-state index contributed by atoms with van der Waals surface area (Å²) in [4.78, 5) is 11.2. The van der Waals surface area contributed by atoms with E-state index in [2.05, 4.69) is 43.5 Å². The lowest BCUT2D eigenvalue weighted by Gasteiger charge is -2.36. The van der Waals surface area contributed by atoms with E-state index in [0.717, 1.165) is 48.0 Å². The van der Waals surface area contributed by atoms with Crippen molar-refractivity contribution in [3.05, 3.63) is 71.4 Å². The van der Waals surface area contributed by atoms with E-state index in [-0.39, 0.29) is 5.92 Å². The number of benzene rings is 1. The SMILES string of the molecule is O[C@@H](c1c(C2CC2)ccc2cncn12)C1CCN(c2ccc(Cl)c3ncccc23)CC1. The fourth-order valence-corrected chi connectivity index (χ4v) is 5.37. The van der Waals surface area contributed by atoms with Crippen LogP contribution < -0.4 is 4.90 Å². The van der Waals surface area contributed by atoms with Crippen LogP contribution in [-0.4, -0.2) is 32.6 Å². The predicted molar refractivity (Wildman–Crippen MR) is 124 cm³/mol. The Morgan fingerprint density at radius 1 is 1.03 bits per heavy atom. The van der Waals surface area contributed by atoms with Crippen LogP contribution in [-0.2, 0) is 0 Å². The molecule has 0 spiro atoms. The summed E-state index contributed by atoms with van der Waals surface area (Å²) in [6, 6.07) is 12.4. The van der Waals surface area contributed by atoms with Crippen molar-refractivity contribution >= 4 is 33.7 Å². The molecule has 1 atom stereocenters. The van der Waals surface area contributed by atoms with Crippen LogP contribution in [0, 0.1) is 5.92 Å². The molecule has 0 radical (unpaired) electrons. The van der Waals surface area contributed by atoms with E-state index in [1.165, 1.54) is 24.1 Å². The molecule has 4 aromatic rings. The molecule has 0 bridgehead atoms. The molecule has 0 amide bonds. The van der Waals surface area contributed by atoms with Gasteiger partial charge in [0, 0.05) is 30.4 Å². The van der Waals surface area contributed by atoms with Gasteiger partial charge in [-0.05, 0) is 73.4 Å². The van der Waals surface area contributed by atoms with Crippen molar-refractivity contribution in [3.8, 4) is 0 Å². The van der Waals surface area contributed by atoms with Crippen molar-refractivity contribution in [2.75, 3.05) is 18.0 Å². The second kappa shape index (κ2) is 7.50. The van der Waals surface area contributed by atoms with Crippen LogP contribution in [0.1, 0.15) is 49.0 Å². The maximum atomic E-state index is 11.5. The third-order valence-corrected chi connectivity index (χ3v) is 7.28. The van der Waals surface area contributed by atoms with Crippen LogP contribution in [0.2, 0.25) is 5.02 Å². The summed E-state index contributed by atoms with van der Waals surface area (Å²) < 4.78 is 2.10. The number of hydrogen-bond donors (Lipinski definition) is 1. The van der Waals surface area contributed by atoms with Crippen LogP contribution in [0.15, 0.2) is 55.1 Å². The predicted octanol–water partition coefficient (Wildman–Crippen LogP) is 5.36. The topological polar surface area (TPSA) is 53.7 Å². The first-order valence-corrected chi connectivity index (χ1v) is 11.5. The molecular weight excluding hydrogens is 408 g/mol. The van der Waals surface area contributed by atoms with Crippen LogP contribution in [0.3, 0.4) is 0 Å². The highest BCUT2D eigenvalue weighted by Crippen LogP contribution is 2.45. The van der Waals surface area contributed by atoms with Gasteiger partial charge in [0.15, 0.2) is 0 Å². The van der Waals surface area contributed by atoms with Crippen LogP contribution in [0.4, 0.5) is 5.69 Å². The highest BCUT2D eigenvalue weighted by molar-refractivity contribution is 6.35. The van der Waals surface area contributed by atoms with Gasteiger partial charge in [-0.25, -0.2) is 4.98 Å². The number of halogens is 1. The minimum Gasteiger partial charge on any atom is -0.387 e. The Balaban J connectivity index is 1.27. The second-order valence-electron chi connectivity index (χ2n) is 8.87. The molecule has 1 aliphatic heterocycles. The number of nitrogens with zero attached hydrogens (tertiary/aromatic N) is 4. The van der Waals surface area contributed by atoms with Crippen molar-refractivity contribution in [2.45, 2.75) is 37.7 Å². The van der Waals surface area contributed by atoms with Gasteiger partial charge in [-0.3, -0.25) is 4.98 Å². The van der Waals surface area contributed by atoms with Gasteiger partial charge in [0.1, 0.15) is 0 Å². The van der Waals surface area contributed by atoms with E-state index in [0.29, 0.717) is 10.9 Å². The summed E-state index contributed by atoms with van der Waals surface area (Å²) >= 11 is 6.36. The molecule has 2 aliphatic rings. The Morgan fingerprint density at radius 3 is 2.68 bits per heavy atom. The van der Waals surface area contributed by atoms with E-state index in [1.54, 1.807) is 6.20 Å². The van der Waals surface area contributed by atoms with Gasteiger partial charge in [0.05, 0.1) is 40.4 Å². The van der Waals surface area contributed by atoms with Crippen molar-refractivity contribution in [3.63, 3.8) is 0 Å². The molecular formula is C25H25ClN4O. The van der Waals surface area contributed by atoms with Crippen LogP contribution in [0.5, 0.6) is 0 Å². The number of aliphatic hydroxyl groups excluding tert-OH is 1. The molecule has 2 fully saturated rings. The first-order chi connectivity index (χ1) is 15.2. The molecule has 1 aliphatic carbocycles. The summed E-state index contributed by atoms with van der Waals surface area (Å²) in [5, 5.41) is 13.3. The molecule has 4 heterocycles. The molecule has 6 heteroatoms. The number of hydrogen-bond acceptors (Lipinski definition) is 4. The summed E-state index contributed by atoms with van der Waals surface area (Å²) in [5.41, 5.74) is 5.43. The van der Waals surface area contributed by atoms with E-state index in [4.69, 9.17) is 11.6 Å². The molecule has 1 saturated carbocycles. The first kappa shape index (κ1) is 19.1. The minimum absolute atomic E-state index is 0.235. The summed E-state index contributed by atoms with van der Waals surface area (Å²) in [5.74, 6) is 0.822. The summed E-state index contributed by atoms with van der Waals surface area (Å²) in [7, 11) is 0. The van der Waals surface area contributed by atoms with Gasteiger partial charge in [-0.2, -0.15) is 0 Å². The van der Waals surface area contributed by atoms with Crippen LogP contribution >= 0.6 is 11.6 Å². The molecule has 31 heavy (non-hydrogen) atoms. The molecule has 1 saturated heterocycles. The Hall–Kier alpha value is -2.63. The van der Waals surface area contributed by atoms with Crippen molar-refractivity contribution < 1.29 is 5.11 Å². The molecule has 0 unspecified atom stereocenters. The average molecular weight is 433 g/mol. The number of fused-ring (bicyclic) bond motifs is 2. The minimum atomic E-state index is -0.473. The quantitative estimate of drug-likeness (QED) is 0.471. The van der Waals surface area contributed by atoms with Crippen molar-refractivity contribution in [1.29, 1.82) is 0 Å². The number of piperidine rings is 1. The first-order valence-electron chi connectivity index (χ1n) is 11.1. The lowest BCUT2D eigenvalue weighted by atomic mass is 9.86. The van der Waals surface area contributed by atoms with Gasteiger partial charge in [0.2, 0.25) is 0 Å². The molecule has 1 N–H and O–H groups in total. The summed E-state index contributed by atoms with van der Waals surface area (Å²) in [6.45, 7) is 1.82. The lowest BCUT2D eigenvalue weighted by Crippen LogP contribution is -2.36. The van der Waals surface area contributed by atoms with E-state index in [1.807, 2.05) is 24.7 Å². The fourth-order valence-electron chi connectivity index (χ4n) is 5.16. The Morgan fingerprint density at radius 2 is 1.87 bits per heavy atom. The zero-order chi connectivity index (χ0) is 20.9. The highest BCUT2D eigenvalue weighted by atomic mass is 35.5. The molecule has 5 nitrogen and oxygen atoms in total. The van der Waals surface area contributed by atoms with Gasteiger partial charge < -0.3 is 14.4 Å². The van der Waals surface area contributed by atoms with E-state index in [9.17, 15) is 5.11 Å². The van der Waals surface area contributed by atoms with Gasteiger partial charge in [-0.15, -0.1) is 0 Å². The number of anilines is 1. The number of pyridine rings is 2. The Bertz CT molecular complexity index is 1260. The standard InChI is InChI=1S/C25H25ClN4O/c26-21-7-8-22(20-2-1-11-28-23(20)21)29-12-9-17(10-13-29)25(31)24-19(16-3-4-16)6-5-18-14-27-15-30(18)24/h1-2,5-8,11,14-17,25,31H,3-4,9-10,12-13H2/t25-/m1/s1. The van der Waals surface area contributed by atoms with Crippen LogP contribution in [0.25, 0.3) is 16.4 Å². The van der Waals surface area contributed by atoms with Gasteiger partial charge in [0.25, 0.3) is 0 Å². The maximum absolute atomic E-state index is 11.5. The Kier molecular flexibility index (Phi) is 4.62. The van der Waals surface area contributed by atoms with E-state index >= 15 is 0 Å². The lowest BCUT2D eigenvalue weighted by molar-refractivity contribution is 0.0871. The van der Waals surface area contributed by atoms with Gasteiger partial charge in [-0.1, -0.05) is 17.7 Å². The molecule has 158 valence electrons. The third kappa shape index (κ3) is 3.27. The fraction of sp³-hybridized carbons (Fsp3) is 0.360. The third-order valence-electron chi connectivity index (χ3n) is 6.98. The highest BCUT2D eigenvalue weighted by Gasteiger charge is 2.34. The zero-order valence-corrected chi connectivity index (χ0v) is 18.0. The smallest absolute Gasteiger partial charge is 0.0995 e. The van der Waals surface area contributed by atoms with Crippen molar-refractivity contribution in [1.82, 2.24) is 14.4 Å². The number of aromatic nitrogens is 3. The zero-order valence-electron chi connectivity index (χ0n) is 17.3. The van der Waals surface area contributed by atoms with Gasteiger partial charge >= 0.3 is 0 Å². The molecule has 6 rings (SSSR count). The summed E-state index contributed by atoms with van der Waals surface area (Å²) in [6.07, 6.45) is 9.36. The maximum Gasteiger partial charge on any atom is 0.0995 e. The average Bonchev–Trinajstić information content (AvgIpc) is 3.55. The number of imidazole rings is 1. The largest absolute Gasteiger partial charge is 0.387 e. The Labute approximate surface area is 186 Å².